The fourth-order valence-electron chi connectivity index (χ4n) is 2.17. The molecule has 0 amide bonds. The van der Waals surface area contributed by atoms with Gasteiger partial charge in [-0.3, -0.25) is 0 Å². The first-order valence-electron chi connectivity index (χ1n) is 6.75. The van der Waals surface area contributed by atoms with E-state index in [-0.39, 0.29) is 5.70 Å². The van der Waals surface area contributed by atoms with Crippen LogP contribution in [0.4, 0.5) is 0 Å². The summed E-state index contributed by atoms with van der Waals surface area (Å²) in [6.45, 7) is 1.96. The Kier molecular flexibility index (Phi) is 3.55. The summed E-state index contributed by atoms with van der Waals surface area (Å²) in [5.74, 6) is -0.185. The molecule has 1 heterocycles. The third-order valence-electron chi connectivity index (χ3n) is 3.20. The molecule has 0 fully saturated rings. The molecule has 0 bridgehead atoms. The van der Waals surface area contributed by atoms with Crippen molar-refractivity contribution in [3.05, 3.63) is 76.5 Å². The van der Waals surface area contributed by atoms with E-state index < -0.39 is 5.97 Å². The predicted molar refractivity (Wildman–Crippen MR) is 82.9 cm³/mol. The Bertz CT molecular complexity index is 857. The molecule has 1 aliphatic rings. The predicted octanol–water partition coefficient (Wildman–Crippen LogP) is 3.21. The first kappa shape index (κ1) is 13.8. The molecule has 0 saturated heterocycles. The lowest BCUT2D eigenvalue weighted by molar-refractivity contribution is -0.129. The highest BCUT2D eigenvalue weighted by atomic mass is 16.6. The number of ether oxygens (including phenoxy) is 1. The van der Waals surface area contributed by atoms with Gasteiger partial charge in [-0.2, -0.15) is 5.26 Å². The van der Waals surface area contributed by atoms with Crippen LogP contribution in [-0.4, -0.2) is 11.9 Å². The summed E-state index contributed by atoms with van der Waals surface area (Å²) in [7, 11) is 0. The molecular weight excluding hydrogens is 276 g/mol. The topological polar surface area (TPSA) is 62.5 Å². The van der Waals surface area contributed by atoms with Crippen LogP contribution >= 0.6 is 0 Å². The van der Waals surface area contributed by atoms with Crippen molar-refractivity contribution < 1.29 is 9.53 Å². The van der Waals surface area contributed by atoms with Crippen LogP contribution in [-0.2, 0) is 9.53 Å². The van der Waals surface area contributed by atoms with Gasteiger partial charge in [-0.25, -0.2) is 9.79 Å². The molecule has 0 aliphatic carbocycles. The second kappa shape index (κ2) is 5.66. The van der Waals surface area contributed by atoms with E-state index in [1.807, 2.05) is 31.2 Å². The molecule has 2 aromatic carbocycles. The Hall–Kier alpha value is -3.19. The molecule has 0 saturated carbocycles. The van der Waals surface area contributed by atoms with E-state index in [4.69, 9.17) is 10.00 Å². The first-order chi connectivity index (χ1) is 10.7. The van der Waals surface area contributed by atoms with E-state index >= 15 is 0 Å². The molecule has 4 heteroatoms. The second-order valence-corrected chi connectivity index (χ2v) is 4.94. The summed E-state index contributed by atoms with van der Waals surface area (Å²) in [6, 6.07) is 16.6. The fraction of sp³-hybridized carbons (Fsp3) is 0.0556. The number of hydrogen-bond acceptors (Lipinski definition) is 4. The van der Waals surface area contributed by atoms with Crippen molar-refractivity contribution in [3.63, 3.8) is 0 Å². The Morgan fingerprint density at radius 2 is 2.00 bits per heavy atom. The highest BCUT2D eigenvalue weighted by Gasteiger charge is 2.24. The normalized spacial score (nSPS) is 15.4. The summed E-state index contributed by atoms with van der Waals surface area (Å²) in [5.41, 5.74) is 3.33. The van der Waals surface area contributed by atoms with Gasteiger partial charge in [0.2, 0.25) is 5.90 Å². The van der Waals surface area contributed by atoms with Gasteiger partial charge in [-0.1, -0.05) is 29.8 Å². The number of cyclic esters (lactones) is 1. The van der Waals surface area contributed by atoms with Gasteiger partial charge in [0, 0.05) is 5.56 Å². The van der Waals surface area contributed by atoms with Crippen LogP contribution < -0.4 is 0 Å². The molecule has 0 N–H and O–H groups in total. The summed E-state index contributed by atoms with van der Waals surface area (Å²) in [5, 5.41) is 8.90. The minimum Gasteiger partial charge on any atom is -0.402 e. The van der Waals surface area contributed by atoms with Crippen LogP contribution in [0.15, 0.2) is 59.2 Å². The van der Waals surface area contributed by atoms with Gasteiger partial charge >= 0.3 is 5.97 Å². The van der Waals surface area contributed by atoms with Crippen molar-refractivity contribution in [2.75, 3.05) is 0 Å². The minimum atomic E-state index is -0.487. The number of rotatable bonds is 2. The largest absolute Gasteiger partial charge is 0.402 e. The molecule has 106 valence electrons. The number of aryl methyl sites for hydroxylation is 1. The zero-order valence-corrected chi connectivity index (χ0v) is 11.9. The van der Waals surface area contributed by atoms with Gasteiger partial charge in [-0.05, 0) is 42.8 Å². The summed E-state index contributed by atoms with van der Waals surface area (Å²) in [6.07, 6.45) is 1.62. The Morgan fingerprint density at radius 3 is 2.77 bits per heavy atom. The Balaban J connectivity index is 1.96. The van der Waals surface area contributed by atoms with Crippen LogP contribution in [0.1, 0.15) is 22.3 Å². The monoisotopic (exact) mass is 288 g/mol. The maximum absolute atomic E-state index is 11.9. The molecule has 4 nitrogen and oxygen atoms in total. The van der Waals surface area contributed by atoms with E-state index in [2.05, 4.69) is 11.1 Å². The average molecular weight is 288 g/mol. The lowest BCUT2D eigenvalue weighted by Crippen LogP contribution is -2.05. The van der Waals surface area contributed by atoms with Crippen LogP contribution in [0.2, 0.25) is 0 Å². The van der Waals surface area contributed by atoms with Gasteiger partial charge in [0.1, 0.15) is 0 Å². The number of nitriles is 1. The van der Waals surface area contributed by atoms with Gasteiger partial charge in [0.15, 0.2) is 5.70 Å². The molecule has 0 spiro atoms. The van der Waals surface area contributed by atoms with Crippen LogP contribution in [0.3, 0.4) is 0 Å². The fourth-order valence-corrected chi connectivity index (χ4v) is 2.17. The quantitative estimate of drug-likeness (QED) is 0.629. The number of esters is 1. The second-order valence-electron chi connectivity index (χ2n) is 4.94. The van der Waals surface area contributed by atoms with E-state index in [0.29, 0.717) is 11.5 Å². The Labute approximate surface area is 128 Å². The number of carbonyl (C=O) groups excluding carboxylic acids is 1. The number of nitrogens with zero attached hydrogens (tertiary/aromatic N) is 2. The average Bonchev–Trinajstić information content (AvgIpc) is 2.89. The number of hydrogen-bond donors (Lipinski definition) is 0. The zero-order chi connectivity index (χ0) is 15.5. The van der Waals surface area contributed by atoms with Gasteiger partial charge < -0.3 is 4.74 Å². The molecule has 1 aliphatic heterocycles. The third-order valence-corrected chi connectivity index (χ3v) is 3.20. The molecule has 22 heavy (non-hydrogen) atoms. The van der Waals surface area contributed by atoms with Crippen molar-refractivity contribution in [3.8, 4) is 6.07 Å². The molecular formula is C18H12N2O2. The van der Waals surface area contributed by atoms with Gasteiger partial charge in [0.05, 0.1) is 11.6 Å². The molecule has 3 rings (SSSR count). The van der Waals surface area contributed by atoms with Crippen molar-refractivity contribution >= 4 is 17.9 Å². The van der Waals surface area contributed by atoms with Crippen LogP contribution in [0, 0.1) is 18.3 Å². The maximum atomic E-state index is 11.9. The molecule has 0 atom stereocenters. The first-order valence-corrected chi connectivity index (χ1v) is 6.75. The van der Waals surface area contributed by atoms with Crippen molar-refractivity contribution in [1.82, 2.24) is 0 Å². The van der Waals surface area contributed by atoms with Gasteiger partial charge in [0.25, 0.3) is 0 Å². The molecule has 2 aromatic rings. The summed E-state index contributed by atoms with van der Waals surface area (Å²) < 4.78 is 5.22. The number of aliphatic imine (C=N–C) groups is 1. The Morgan fingerprint density at radius 1 is 1.18 bits per heavy atom. The lowest BCUT2D eigenvalue weighted by Gasteiger charge is -1.99. The molecule has 0 unspecified atom stereocenters. The van der Waals surface area contributed by atoms with Crippen molar-refractivity contribution in [1.29, 1.82) is 5.26 Å². The smallest absolute Gasteiger partial charge is 0.363 e. The molecule has 0 aromatic heterocycles. The standard InChI is InChI=1S/C18H12N2O2/c1-12-4-2-7-15(8-12)17-20-16(18(21)22-17)10-13-5-3-6-14(9-13)11-19/h2-10H,1H3/b16-10-. The summed E-state index contributed by atoms with van der Waals surface area (Å²) in [4.78, 5) is 16.2. The lowest BCUT2D eigenvalue weighted by atomic mass is 10.1. The van der Waals surface area contributed by atoms with E-state index in [1.165, 1.54) is 0 Å². The van der Waals surface area contributed by atoms with Crippen molar-refractivity contribution in [2.45, 2.75) is 6.92 Å². The van der Waals surface area contributed by atoms with Crippen molar-refractivity contribution in [2.24, 2.45) is 4.99 Å². The minimum absolute atomic E-state index is 0.228. The zero-order valence-electron chi connectivity index (χ0n) is 11.9. The SMILES string of the molecule is Cc1cccc(C2=N/C(=C\c3cccc(C#N)c3)C(=O)O2)c1. The number of carbonyl (C=O) groups is 1. The maximum Gasteiger partial charge on any atom is 0.363 e. The highest BCUT2D eigenvalue weighted by molar-refractivity contribution is 6.12. The third kappa shape index (κ3) is 2.79. The highest BCUT2D eigenvalue weighted by Crippen LogP contribution is 2.20. The van der Waals surface area contributed by atoms with E-state index in [1.54, 1.807) is 30.3 Å². The van der Waals surface area contributed by atoms with E-state index in [9.17, 15) is 4.79 Å². The van der Waals surface area contributed by atoms with Crippen LogP contribution in [0.25, 0.3) is 6.08 Å². The summed E-state index contributed by atoms with van der Waals surface area (Å²) >= 11 is 0. The van der Waals surface area contributed by atoms with Gasteiger partial charge in [-0.15, -0.1) is 0 Å². The van der Waals surface area contributed by atoms with E-state index in [0.717, 1.165) is 16.7 Å². The van der Waals surface area contributed by atoms with Crippen LogP contribution in [0.5, 0.6) is 0 Å². The number of benzene rings is 2. The molecule has 0 radical (unpaired) electrons.